The minimum Gasteiger partial charge on any atom is -0.473 e. The molecule has 0 amide bonds. The quantitative estimate of drug-likeness (QED) is 0.347. The van der Waals surface area contributed by atoms with Crippen molar-refractivity contribution in [2.45, 2.75) is 25.7 Å². The molecule has 0 rings (SSSR count). The number of hydrogen-bond acceptors (Lipinski definition) is 2. The summed E-state index contributed by atoms with van der Waals surface area (Å²) in [5, 5.41) is 0. The van der Waals surface area contributed by atoms with E-state index in [1.807, 2.05) is 0 Å². The van der Waals surface area contributed by atoms with Gasteiger partial charge in [-0.15, -0.1) is 0 Å². The zero-order valence-electron chi connectivity index (χ0n) is 5.63. The van der Waals surface area contributed by atoms with Crippen LogP contribution in [0.5, 0.6) is 0 Å². The fourth-order valence-corrected chi connectivity index (χ4v) is 0.577. The van der Waals surface area contributed by atoms with Crippen LogP contribution in [0.15, 0.2) is 12.8 Å². The van der Waals surface area contributed by atoms with E-state index in [0.29, 0.717) is 0 Å². The molecule has 0 saturated carbocycles. The normalized spacial score (nSPS) is 16.3. The van der Waals surface area contributed by atoms with Crippen molar-refractivity contribution in [2.75, 3.05) is 0 Å². The van der Waals surface area contributed by atoms with E-state index >= 15 is 0 Å². The summed E-state index contributed by atoms with van der Waals surface area (Å²) in [5.41, 5.74) is -0.319. The Kier molecular flexibility index (Phi) is 4.54. The molecule has 2 unspecified atom stereocenters. The van der Waals surface area contributed by atoms with Crippen LogP contribution in [0, 0.1) is 0 Å². The van der Waals surface area contributed by atoms with Gasteiger partial charge in [0, 0.05) is 0 Å². The highest BCUT2D eigenvalue weighted by atomic mass is 35.5. The maximum atomic E-state index is 5.47. The lowest BCUT2D eigenvalue weighted by molar-refractivity contribution is -0.101. The maximum Gasteiger partial charge on any atom is 0.197 e. The van der Waals surface area contributed by atoms with Gasteiger partial charge >= 0.3 is 0 Å². The van der Waals surface area contributed by atoms with Gasteiger partial charge in [0.25, 0.3) is 0 Å². The monoisotopic (exact) mass is 150 g/mol. The maximum absolute atomic E-state index is 5.47. The van der Waals surface area contributed by atoms with Gasteiger partial charge in [-0.25, -0.2) is 0 Å². The first-order valence-electron chi connectivity index (χ1n) is 2.72. The molecule has 0 aromatic heterocycles. The van der Waals surface area contributed by atoms with E-state index in [-0.39, 0.29) is 11.9 Å². The Balaban J connectivity index is 3.25. The molecular weight excluding hydrogens is 140 g/mol. The Morgan fingerprint density at radius 2 is 2.11 bits per heavy atom. The molecule has 3 heteroatoms. The van der Waals surface area contributed by atoms with Crippen molar-refractivity contribution in [3.05, 3.63) is 12.8 Å². The van der Waals surface area contributed by atoms with Crippen LogP contribution in [0.2, 0.25) is 0 Å². The van der Waals surface area contributed by atoms with E-state index in [0.717, 1.165) is 0 Å². The highest BCUT2D eigenvalue weighted by Gasteiger charge is 2.02. The Morgan fingerprint density at radius 1 is 1.56 bits per heavy atom. The number of rotatable bonds is 4. The van der Waals surface area contributed by atoms with Gasteiger partial charge in [-0.3, -0.25) is 0 Å². The molecule has 0 aliphatic heterocycles. The third-order valence-corrected chi connectivity index (χ3v) is 0.770. The second-order valence-electron chi connectivity index (χ2n) is 1.55. The second-order valence-corrected chi connectivity index (χ2v) is 2.16. The molecule has 0 heterocycles. The van der Waals surface area contributed by atoms with E-state index in [1.165, 1.54) is 6.26 Å². The van der Waals surface area contributed by atoms with E-state index in [9.17, 15) is 0 Å². The van der Waals surface area contributed by atoms with Gasteiger partial charge in [0.15, 0.2) is 6.29 Å². The van der Waals surface area contributed by atoms with Crippen LogP contribution in [0.25, 0.3) is 0 Å². The highest BCUT2D eigenvalue weighted by molar-refractivity contribution is 6.19. The lowest BCUT2D eigenvalue weighted by Gasteiger charge is -2.12. The van der Waals surface area contributed by atoms with E-state index in [2.05, 4.69) is 6.58 Å². The second kappa shape index (κ2) is 4.65. The molecule has 0 spiro atoms. The van der Waals surface area contributed by atoms with Crippen LogP contribution < -0.4 is 0 Å². The summed E-state index contributed by atoms with van der Waals surface area (Å²) in [5.74, 6) is 0. The van der Waals surface area contributed by atoms with Gasteiger partial charge in [-0.05, 0) is 13.8 Å². The van der Waals surface area contributed by atoms with Crippen LogP contribution in [-0.2, 0) is 9.47 Å². The van der Waals surface area contributed by atoms with Gasteiger partial charge in [0.1, 0.15) is 5.56 Å². The molecule has 0 radical (unpaired) electrons. The van der Waals surface area contributed by atoms with Crippen LogP contribution in [0.4, 0.5) is 0 Å². The van der Waals surface area contributed by atoms with Crippen molar-refractivity contribution in [2.24, 2.45) is 0 Å². The number of ether oxygens (including phenoxy) is 2. The van der Waals surface area contributed by atoms with Crippen LogP contribution in [0.3, 0.4) is 0 Å². The molecule has 2 atom stereocenters. The zero-order chi connectivity index (χ0) is 7.28. The smallest absolute Gasteiger partial charge is 0.197 e. The van der Waals surface area contributed by atoms with Crippen LogP contribution in [0.1, 0.15) is 13.8 Å². The topological polar surface area (TPSA) is 18.5 Å². The van der Waals surface area contributed by atoms with E-state index in [4.69, 9.17) is 21.1 Å². The summed E-state index contributed by atoms with van der Waals surface area (Å²) in [4.78, 5) is 0. The summed E-state index contributed by atoms with van der Waals surface area (Å²) in [7, 11) is 0. The molecule has 0 aromatic carbocycles. The van der Waals surface area contributed by atoms with Crippen molar-refractivity contribution in [3.63, 3.8) is 0 Å². The molecule has 2 nitrogen and oxygen atoms in total. The van der Waals surface area contributed by atoms with Gasteiger partial charge in [-0.2, -0.15) is 0 Å². The standard InChI is InChI=1S/C6H11ClO2/c1-4-8-6(3)9-5(2)7/h4-6H,1H2,2-3H3. The highest BCUT2D eigenvalue weighted by Crippen LogP contribution is 2.02. The molecule has 0 N–H and O–H groups in total. The van der Waals surface area contributed by atoms with Crippen molar-refractivity contribution < 1.29 is 9.47 Å². The Hall–Kier alpha value is -0.210. The van der Waals surface area contributed by atoms with E-state index < -0.39 is 0 Å². The minimum absolute atomic E-state index is 0.310. The summed E-state index contributed by atoms with van der Waals surface area (Å²) in [6, 6.07) is 0. The largest absolute Gasteiger partial charge is 0.473 e. The molecule has 0 aliphatic carbocycles. The molecule has 0 aromatic rings. The van der Waals surface area contributed by atoms with Gasteiger partial charge in [0.2, 0.25) is 0 Å². The van der Waals surface area contributed by atoms with Crippen molar-refractivity contribution >= 4 is 11.6 Å². The Labute approximate surface area is 60.4 Å². The average Bonchev–Trinajstić information content (AvgIpc) is 1.63. The summed E-state index contributed by atoms with van der Waals surface area (Å²) < 4.78 is 9.77. The third kappa shape index (κ3) is 5.66. The summed E-state index contributed by atoms with van der Waals surface area (Å²) >= 11 is 5.47. The van der Waals surface area contributed by atoms with E-state index in [1.54, 1.807) is 13.8 Å². The first kappa shape index (κ1) is 8.79. The van der Waals surface area contributed by atoms with Gasteiger partial charge in [0.05, 0.1) is 6.26 Å². The lowest BCUT2D eigenvalue weighted by Crippen LogP contribution is -2.13. The first-order chi connectivity index (χ1) is 4.16. The van der Waals surface area contributed by atoms with Gasteiger partial charge in [-0.1, -0.05) is 18.2 Å². The van der Waals surface area contributed by atoms with Crippen molar-refractivity contribution in [1.29, 1.82) is 0 Å². The summed E-state index contributed by atoms with van der Waals surface area (Å²) in [6.07, 6.45) is 1.01. The first-order valence-corrected chi connectivity index (χ1v) is 3.16. The molecular formula is C6H11ClO2. The molecule has 54 valence electrons. The minimum atomic E-state index is -0.319. The van der Waals surface area contributed by atoms with Gasteiger partial charge < -0.3 is 9.47 Å². The molecule has 0 saturated heterocycles. The number of hydrogen-bond donors (Lipinski definition) is 0. The zero-order valence-corrected chi connectivity index (χ0v) is 6.39. The lowest BCUT2D eigenvalue weighted by atomic mass is 10.7. The fraction of sp³-hybridized carbons (Fsp3) is 0.667. The van der Waals surface area contributed by atoms with Crippen LogP contribution in [-0.4, -0.2) is 11.9 Å². The van der Waals surface area contributed by atoms with Crippen LogP contribution >= 0.6 is 11.6 Å². The van der Waals surface area contributed by atoms with Crippen molar-refractivity contribution in [1.82, 2.24) is 0 Å². The predicted molar refractivity (Wildman–Crippen MR) is 37.1 cm³/mol. The molecule has 0 bridgehead atoms. The third-order valence-electron chi connectivity index (χ3n) is 0.667. The SMILES string of the molecule is C=COC(C)OC(C)Cl. The van der Waals surface area contributed by atoms with Crippen molar-refractivity contribution in [3.8, 4) is 0 Å². The predicted octanol–water partition coefficient (Wildman–Crippen LogP) is 2.09. The fourth-order valence-electron chi connectivity index (χ4n) is 0.432. The molecule has 9 heavy (non-hydrogen) atoms. The summed E-state index contributed by atoms with van der Waals surface area (Å²) in [6.45, 7) is 6.84. The Morgan fingerprint density at radius 3 is 2.44 bits per heavy atom. The number of alkyl halides is 1. The average molecular weight is 151 g/mol. The molecule has 0 fully saturated rings. The molecule has 0 aliphatic rings. The Bertz CT molecular complexity index is 83.1. The number of halogens is 1.